The molecule has 0 spiro atoms. The lowest BCUT2D eigenvalue weighted by atomic mass is 9.90. The fourth-order valence-electron chi connectivity index (χ4n) is 2.90. The van der Waals surface area contributed by atoms with E-state index in [1.807, 2.05) is 0 Å². The molecule has 3 heteroatoms. The van der Waals surface area contributed by atoms with Gasteiger partial charge in [0.15, 0.2) is 0 Å². The molecule has 0 unspecified atom stereocenters. The summed E-state index contributed by atoms with van der Waals surface area (Å²) in [5.41, 5.74) is 5.39. The highest BCUT2D eigenvalue weighted by molar-refractivity contribution is 5.80. The van der Waals surface area contributed by atoms with Crippen LogP contribution in [0.5, 0.6) is 0 Å². The molecule has 2 rings (SSSR count). The Morgan fingerprint density at radius 3 is 2.38 bits per heavy atom. The fraction of sp³-hybridized carbons (Fsp3) is 0.923. The van der Waals surface area contributed by atoms with Crippen LogP contribution >= 0.6 is 0 Å². The topological polar surface area (TPSA) is 52.3 Å². The van der Waals surface area contributed by atoms with Gasteiger partial charge in [-0.3, -0.25) is 4.79 Å². The predicted molar refractivity (Wildman–Crippen MR) is 62.9 cm³/mol. The van der Waals surface area contributed by atoms with Crippen molar-refractivity contribution in [3.05, 3.63) is 0 Å². The Morgan fingerprint density at radius 2 is 1.75 bits per heavy atom. The molecule has 92 valence electrons. The molecule has 0 atom stereocenters. The summed E-state index contributed by atoms with van der Waals surface area (Å²) in [7, 11) is 0. The Morgan fingerprint density at radius 1 is 1.12 bits per heavy atom. The van der Waals surface area contributed by atoms with Crippen LogP contribution < -0.4 is 5.73 Å². The van der Waals surface area contributed by atoms with E-state index in [-0.39, 0.29) is 5.97 Å². The maximum absolute atomic E-state index is 11.9. The van der Waals surface area contributed by atoms with E-state index in [9.17, 15) is 4.79 Å². The van der Waals surface area contributed by atoms with E-state index < -0.39 is 5.54 Å². The van der Waals surface area contributed by atoms with Gasteiger partial charge < -0.3 is 10.5 Å². The molecule has 0 radical (unpaired) electrons. The summed E-state index contributed by atoms with van der Waals surface area (Å²) in [5.74, 6) is 0.429. The third-order valence-electron chi connectivity index (χ3n) is 4.08. The van der Waals surface area contributed by atoms with Crippen molar-refractivity contribution in [1.82, 2.24) is 0 Å². The third-order valence-corrected chi connectivity index (χ3v) is 4.08. The van der Waals surface area contributed by atoms with Crippen LogP contribution in [-0.4, -0.2) is 18.1 Å². The van der Waals surface area contributed by atoms with Gasteiger partial charge in [0.2, 0.25) is 0 Å². The molecule has 0 aromatic heterocycles. The second-order valence-electron chi connectivity index (χ2n) is 5.47. The van der Waals surface area contributed by atoms with Gasteiger partial charge in [-0.15, -0.1) is 0 Å². The van der Waals surface area contributed by atoms with Crippen LogP contribution in [0.1, 0.15) is 57.8 Å². The molecule has 2 aliphatic carbocycles. The molecule has 0 aromatic carbocycles. The first-order chi connectivity index (χ1) is 7.71. The molecule has 0 aliphatic heterocycles. The average molecular weight is 225 g/mol. The number of hydrogen-bond acceptors (Lipinski definition) is 3. The van der Waals surface area contributed by atoms with Gasteiger partial charge in [0.1, 0.15) is 5.54 Å². The molecule has 0 bridgehead atoms. The second-order valence-corrected chi connectivity index (χ2v) is 5.47. The van der Waals surface area contributed by atoms with Crippen molar-refractivity contribution >= 4 is 5.97 Å². The van der Waals surface area contributed by atoms with Crippen molar-refractivity contribution in [3.8, 4) is 0 Å². The van der Waals surface area contributed by atoms with Crippen molar-refractivity contribution in [2.24, 2.45) is 11.7 Å². The summed E-state index contributed by atoms with van der Waals surface area (Å²) < 4.78 is 5.40. The monoisotopic (exact) mass is 225 g/mol. The van der Waals surface area contributed by atoms with E-state index in [2.05, 4.69) is 0 Å². The van der Waals surface area contributed by atoms with Crippen molar-refractivity contribution in [1.29, 1.82) is 0 Å². The normalized spacial score (nSPS) is 25.6. The van der Waals surface area contributed by atoms with E-state index in [0.717, 1.165) is 25.7 Å². The summed E-state index contributed by atoms with van der Waals surface area (Å²) in [6.07, 6.45) is 10.1. The lowest BCUT2D eigenvalue weighted by Gasteiger charge is -2.25. The second kappa shape index (κ2) is 5.17. The Bertz CT molecular complexity index is 240. The van der Waals surface area contributed by atoms with E-state index >= 15 is 0 Å². The van der Waals surface area contributed by atoms with Crippen LogP contribution in [0.2, 0.25) is 0 Å². The third kappa shape index (κ3) is 2.76. The number of rotatable bonds is 3. The number of ether oxygens (including phenoxy) is 1. The number of nitrogens with two attached hydrogens (primary N) is 1. The SMILES string of the molecule is NC1(C(=O)OCC2CCCCC2)CCCC1. The minimum Gasteiger partial charge on any atom is -0.464 e. The van der Waals surface area contributed by atoms with E-state index in [1.165, 1.54) is 32.1 Å². The Balaban J connectivity index is 1.74. The van der Waals surface area contributed by atoms with Crippen molar-refractivity contribution in [2.75, 3.05) is 6.61 Å². The van der Waals surface area contributed by atoms with Crippen molar-refractivity contribution in [3.63, 3.8) is 0 Å². The van der Waals surface area contributed by atoms with Crippen LogP contribution in [0.4, 0.5) is 0 Å². The minimum absolute atomic E-state index is 0.157. The smallest absolute Gasteiger partial charge is 0.326 e. The lowest BCUT2D eigenvalue weighted by molar-refractivity contribution is -0.151. The fourth-order valence-corrected chi connectivity index (χ4v) is 2.90. The zero-order valence-corrected chi connectivity index (χ0v) is 10.0. The predicted octanol–water partition coefficient (Wildman–Crippen LogP) is 2.38. The first-order valence-electron chi connectivity index (χ1n) is 6.67. The number of hydrogen-bond donors (Lipinski definition) is 1. The molecule has 3 nitrogen and oxygen atoms in total. The van der Waals surface area contributed by atoms with E-state index in [0.29, 0.717) is 12.5 Å². The first-order valence-corrected chi connectivity index (χ1v) is 6.67. The molecule has 2 N–H and O–H groups in total. The maximum atomic E-state index is 11.9. The van der Waals surface area contributed by atoms with Crippen LogP contribution in [0, 0.1) is 5.92 Å². The largest absolute Gasteiger partial charge is 0.464 e. The molecule has 0 saturated heterocycles. The van der Waals surface area contributed by atoms with Gasteiger partial charge in [-0.25, -0.2) is 0 Å². The van der Waals surface area contributed by atoms with Crippen LogP contribution in [0.3, 0.4) is 0 Å². The standard InChI is InChI=1S/C13H23NO2/c14-13(8-4-5-9-13)12(15)16-10-11-6-2-1-3-7-11/h11H,1-10,14H2. The molecule has 16 heavy (non-hydrogen) atoms. The molecule has 2 aliphatic rings. The first kappa shape index (κ1) is 11.9. The average Bonchev–Trinajstić information content (AvgIpc) is 2.76. The van der Waals surface area contributed by atoms with Crippen LogP contribution in [0.25, 0.3) is 0 Å². The van der Waals surface area contributed by atoms with Gasteiger partial charge in [0.05, 0.1) is 6.61 Å². The zero-order valence-electron chi connectivity index (χ0n) is 10.0. The maximum Gasteiger partial charge on any atom is 0.326 e. The molecule has 0 amide bonds. The van der Waals surface area contributed by atoms with Gasteiger partial charge in [0, 0.05) is 0 Å². The van der Waals surface area contributed by atoms with Crippen LogP contribution in [-0.2, 0) is 9.53 Å². The highest BCUT2D eigenvalue weighted by Crippen LogP contribution is 2.29. The lowest BCUT2D eigenvalue weighted by Crippen LogP contribution is -2.46. The Labute approximate surface area is 97.7 Å². The minimum atomic E-state index is -0.658. The van der Waals surface area contributed by atoms with E-state index in [1.54, 1.807) is 0 Å². The Hall–Kier alpha value is -0.570. The quantitative estimate of drug-likeness (QED) is 0.750. The summed E-state index contributed by atoms with van der Waals surface area (Å²) in [5, 5.41) is 0. The molecule has 0 aromatic rings. The zero-order chi connectivity index (χ0) is 11.4. The van der Waals surface area contributed by atoms with Gasteiger partial charge >= 0.3 is 5.97 Å². The van der Waals surface area contributed by atoms with Crippen molar-refractivity contribution in [2.45, 2.75) is 63.3 Å². The number of carbonyl (C=O) groups is 1. The van der Waals surface area contributed by atoms with Gasteiger partial charge in [0.25, 0.3) is 0 Å². The Kier molecular flexibility index (Phi) is 3.85. The highest BCUT2D eigenvalue weighted by atomic mass is 16.5. The molecule has 2 saturated carbocycles. The summed E-state index contributed by atoms with van der Waals surface area (Å²) in [6, 6.07) is 0. The van der Waals surface area contributed by atoms with Crippen LogP contribution in [0.15, 0.2) is 0 Å². The number of carbonyl (C=O) groups excluding carboxylic acids is 1. The van der Waals surface area contributed by atoms with E-state index in [4.69, 9.17) is 10.5 Å². The molecular formula is C13H23NO2. The molecular weight excluding hydrogens is 202 g/mol. The molecule has 0 heterocycles. The summed E-state index contributed by atoms with van der Waals surface area (Å²) in [4.78, 5) is 11.9. The van der Waals surface area contributed by atoms with Gasteiger partial charge in [-0.1, -0.05) is 32.1 Å². The van der Waals surface area contributed by atoms with Gasteiger partial charge in [-0.05, 0) is 31.6 Å². The highest BCUT2D eigenvalue weighted by Gasteiger charge is 2.38. The summed E-state index contributed by atoms with van der Waals surface area (Å²) >= 11 is 0. The summed E-state index contributed by atoms with van der Waals surface area (Å²) in [6.45, 7) is 0.595. The van der Waals surface area contributed by atoms with Gasteiger partial charge in [-0.2, -0.15) is 0 Å². The van der Waals surface area contributed by atoms with Crippen molar-refractivity contribution < 1.29 is 9.53 Å². The number of esters is 1. The molecule has 2 fully saturated rings.